The van der Waals surface area contributed by atoms with Gasteiger partial charge < -0.3 is 5.32 Å². The van der Waals surface area contributed by atoms with Gasteiger partial charge in [0, 0.05) is 16.6 Å². The van der Waals surface area contributed by atoms with E-state index < -0.39 is 11.8 Å². The Balaban J connectivity index is 2.64. The van der Waals surface area contributed by atoms with Crippen molar-refractivity contribution in [3.63, 3.8) is 0 Å². The molecule has 2 nitrogen and oxygen atoms in total. The molecule has 74 valence electrons. The van der Waals surface area contributed by atoms with Crippen molar-refractivity contribution in [2.45, 2.75) is 12.5 Å². The minimum absolute atomic E-state index is 0.144. The summed E-state index contributed by atoms with van der Waals surface area (Å²) < 4.78 is 27.3. The molecule has 0 radical (unpaired) electrons. The second-order valence-electron chi connectivity index (χ2n) is 3.02. The highest BCUT2D eigenvalue weighted by atomic mass is 79.9. The number of hydrogen-bond donors (Lipinski definition) is 1. The summed E-state index contributed by atoms with van der Waals surface area (Å²) in [6.07, 6.45) is 0. The molecular formula is C9H6BrF2NO. The number of nitrogens with one attached hydrogen (secondary N) is 1. The summed E-state index contributed by atoms with van der Waals surface area (Å²) in [4.78, 5) is 10.9. The van der Waals surface area contributed by atoms with E-state index in [2.05, 4.69) is 21.2 Å². The quantitative estimate of drug-likeness (QED) is 0.762. The van der Waals surface area contributed by atoms with E-state index in [-0.39, 0.29) is 12.1 Å². The largest absolute Gasteiger partial charge is 0.350 e. The zero-order valence-electron chi connectivity index (χ0n) is 6.98. The highest BCUT2D eigenvalue weighted by Crippen LogP contribution is 2.36. The number of fused-ring (bicyclic) bond motifs is 1. The molecule has 1 aromatic carbocycles. The lowest BCUT2D eigenvalue weighted by Crippen LogP contribution is -2.43. The summed E-state index contributed by atoms with van der Waals surface area (Å²) in [5.74, 6) is -4.65. The number of halogens is 3. The summed E-state index contributed by atoms with van der Waals surface area (Å²) in [5, 5.41) is 2.15. The first-order valence-corrected chi connectivity index (χ1v) is 4.77. The molecular weight excluding hydrogens is 256 g/mol. The van der Waals surface area contributed by atoms with Crippen LogP contribution in [-0.4, -0.2) is 5.91 Å². The van der Waals surface area contributed by atoms with Crippen LogP contribution in [0.1, 0.15) is 11.1 Å². The maximum absolute atomic E-state index is 13.3. The van der Waals surface area contributed by atoms with Crippen molar-refractivity contribution in [1.82, 2.24) is 5.32 Å². The maximum atomic E-state index is 13.3. The summed E-state index contributed by atoms with van der Waals surface area (Å²) in [6.45, 7) is 0.144. The Morgan fingerprint density at radius 1 is 1.43 bits per heavy atom. The Bertz CT molecular complexity index is 406. The van der Waals surface area contributed by atoms with Gasteiger partial charge in [-0.2, -0.15) is 8.78 Å². The Morgan fingerprint density at radius 2 is 2.14 bits per heavy atom. The van der Waals surface area contributed by atoms with Crippen LogP contribution in [0.4, 0.5) is 8.78 Å². The molecule has 5 heteroatoms. The van der Waals surface area contributed by atoms with Crippen LogP contribution in [0.15, 0.2) is 22.7 Å². The van der Waals surface area contributed by atoms with Gasteiger partial charge in [-0.25, -0.2) is 0 Å². The minimum atomic E-state index is -3.42. The molecule has 14 heavy (non-hydrogen) atoms. The third kappa shape index (κ3) is 1.23. The third-order valence-corrected chi connectivity index (χ3v) is 2.91. The van der Waals surface area contributed by atoms with Gasteiger partial charge in [-0.05, 0) is 11.6 Å². The van der Waals surface area contributed by atoms with Crippen molar-refractivity contribution in [2.75, 3.05) is 0 Å². The van der Waals surface area contributed by atoms with Gasteiger partial charge in [0.1, 0.15) is 0 Å². The monoisotopic (exact) mass is 261 g/mol. The fraction of sp³-hybridized carbons (Fsp3) is 0.222. The average Bonchev–Trinajstić information content (AvgIpc) is 2.13. The molecule has 0 bridgehead atoms. The van der Waals surface area contributed by atoms with Crippen LogP contribution in [0, 0.1) is 0 Å². The van der Waals surface area contributed by atoms with Crippen LogP contribution in [0.25, 0.3) is 0 Å². The number of amides is 1. The number of alkyl halides is 2. The molecule has 1 aromatic rings. The SMILES string of the molecule is O=C1NCc2c(Br)cccc2C1(F)F. The van der Waals surface area contributed by atoms with Crippen LogP contribution in [-0.2, 0) is 17.3 Å². The fourth-order valence-electron chi connectivity index (χ4n) is 1.43. The van der Waals surface area contributed by atoms with Crippen LogP contribution < -0.4 is 5.32 Å². The van der Waals surface area contributed by atoms with Crippen molar-refractivity contribution in [2.24, 2.45) is 0 Å². The molecule has 0 aromatic heterocycles. The molecule has 1 heterocycles. The summed E-state index contributed by atoms with van der Waals surface area (Å²) in [6, 6.07) is 4.45. The number of hydrogen-bond acceptors (Lipinski definition) is 1. The molecule has 0 saturated carbocycles. The van der Waals surface area contributed by atoms with Gasteiger partial charge >= 0.3 is 5.92 Å². The zero-order valence-corrected chi connectivity index (χ0v) is 8.57. The second-order valence-corrected chi connectivity index (χ2v) is 3.88. The van der Waals surface area contributed by atoms with Crippen molar-refractivity contribution >= 4 is 21.8 Å². The van der Waals surface area contributed by atoms with Gasteiger partial charge in [0.15, 0.2) is 0 Å². The Morgan fingerprint density at radius 3 is 2.86 bits per heavy atom. The lowest BCUT2D eigenvalue weighted by molar-refractivity contribution is -0.148. The fourth-order valence-corrected chi connectivity index (χ4v) is 1.94. The number of rotatable bonds is 0. The van der Waals surface area contributed by atoms with Crippen molar-refractivity contribution in [3.05, 3.63) is 33.8 Å². The first-order chi connectivity index (χ1) is 6.53. The van der Waals surface area contributed by atoms with Crippen LogP contribution in [0.2, 0.25) is 0 Å². The maximum Gasteiger partial charge on any atom is 0.350 e. The van der Waals surface area contributed by atoms with Crippen LogP contribution in [0.3, 0.4) is 0 Å². The van der Waals surface area contributed by atoms with Gasteiger partial charge in [0.2, 0.25) is 0 Å². The summed E-state index contributed by atoms with van der Waals surface area (Å²) in [7, 11) is 0. The molecule has 1 amide bonds. The lowest BCUT2D eigenvalue weighted by atomic mass is 9.97. The smallest absolute Gasteiger partial charge is 0.346 e. The lowest BCUT2D eigenvalue weighted by Gasteiger charge is -2.25. The van der Waals surface area contributed by atoms with E-state index in [0.29, 0.717) is 10.0 Å². The van der Waals surface area contributed by atoms with Crippen molar-refractivity contribution in [3.8, 4) is 0 Å². The highest BCUT2D eigenvalue weighted by molar-refractivity contribution is 9.10. The zero-order chi connectivity index (χ0) is 10.3. The number of carbonyl (C=O) groups excluding carboxylic acids is 1. The van der Waals surface area contributed by atoms with Gasteiger partial charge in [-0.15, -0.1) is 0 Å². The molecule has 0 saturated heterocycles. The van der Waals surface area contributed by atoms with E-state index in [0.717, 1.165) is 0 Å². The Kier molecular flexibility index (Phi) is 2.06. The first-order valence-electron chi connectivity index (χ1n) is 3.97. The van der Waals surface area contributed by atoms with Crippen molar-refractivity contribution in [1.29, 1.82) is 0 Å². The predicted octanol–water partition coefficient (Wildman–Crippen LogP) is 2.17. The van der Waals surface area contributed by atoms with Crippen LogP contribution in [0.5, 0.6) is 0 Å². The average molecular weight is 262 g/mol. The normalized spacial score (nSPS) is 18.6. The standard InChI is InChI=1S/C9H6BrF2NO/c10-7-3-1-2-6-5(7)4-13-8(14)9(6,11)12/h1-3H,4H2,(H,13,14). The molecule has 0 unspecified atom stereocenters. The van der Waals surface area contributed by atoms with Crippen molar-refractivity contribution < 1.29 is 13.6 Å². The molecule has 0 aliphatic carbocycles. The number of benzene rings is 1. The van der Waals surface area contributed by atoms with Crippen LogP contribution >= 0.6 is 15.9 Å². The minimum Gasteiger partial charge on any atom is -0.346 e. The van der Waals surface area contributed by atoms with Gasteiger partial charge in [-0.3, -0.25) is 4.79 Å². The van der Waals surface area contributed by atoms with Gasteiger partial charge in [0.25, 0.3) is 5.91 Å². The summed E-state index contributed by atoms with van der Waals surface area (Å²) in [5.41, 5.74) is 0.229. The molecule has 1 N–H and O–H groups in total. The highest BCUT2D eigenvalue weighted by Gasteiger charge is 2.45. The third-order valence-electron chi connectivity index (χ3n) is 2.17. The van der Waals surface area contributed by atoms with Gasteiger partial charge in [0.05, 0.1) is 0 Å². The number of carbonyl (C=O) groups is 1. The van der Waals surface area contributed by atoms with E-state index in [1.807, 2.05) is 0 Å². The van der Waals surface area contributed by atoms with E-state index in [1.165, 1.54) is 12.1 Å². The predicted molar refractivity (Wildman–Crippen MR) is 49.9 cm³/mol. The topological polar surface area (TPSA) is 29.1 Å². The van der Waals surface area contributed by atoms with Gasteiger partial charge in [-0.1, -0.05) is 28.1 Å². The Hall–Kier alpha value is -0.970. The summed E-state index contributed by atoms with van der Waals surface area (Å²) >= 11 is 3.17. The molecule has 1 aliphatic heterocycles. The molecule has 0 atom stereocenters. The first kappa shape index (κ1) is 9.58. The Labute approximate surface area is 87.4 Å². The second kappa shape index (κ2) is 3.02. The molecule has 1 aliphatic rings. The van der Waals surface area contributed by atoms with E-state index in [1.54, 1.807) is 6.07 Å². The van der Waals surface area contributed by atoms with E-state index in [4.69, 9.17) is 0 Å². The molecule has 0 fully saturated rings. The van der Waals surface area contributed by atoms with E-state index >= 15 is 0 Å². The van der Waals surface area contributed by atoms with E-state index in [9.17, 15) is 13.6 Å². The molecule has 2 rings (SSSR count). The molecule has 0 spiro atoms.